The average Bonchev–Trinajstić information content (AvgIpc) is 1.30. The quantitative estimate of drug-likeness (QED) is 0.0483. The molecule has 3 radical (unpaired) electrons. The molecule has 4 heterocycles. The zero-order valence-electron chi connectivity index (χ0n) is 49.2. The molecule has 25 heteroatoms. The number of hydrogen-bond donors (Lipinski definition) is 1. The van der Waals surface area contributed by atoms with E-state index in [1.165, 1.54) is 13.0 Å². The van der Waals surface area contributed by atoms with Crippen LogP contribution in [0.4, 0.5) is 35.1 Å². The van der Waals surface area contributed by atoms with Gasteiger partial charge in [0.15, 0.2) is 6.29 Å². The number of aldehydes is 1. The molecule has 15 nitrogen and oxygen atoms in total. The Labute approximate surface area is 530 Å². The number of aryl methyl sites for hydroxylation is 2. The van der Waals surface area contributed by atoms with E-state index in [1.54, 1.807) is 4.57 Å². The predicted octanol–water partition coefficient (Wildman–Crippen LogP) is 8.06. The SMILES string of the molecule is CC(=O)OOC(C)=O.Cc1nc2c(c(=O)n1C(c1ccccc1)c1ccccc1)CN(Cc1ccc(C(F)(F)F)cc1F)CC2.Cc1nc2c(c(=O)n1C(c1ccccc1)c1ccccc1)CNCC2.O=Cc1ccc(C(F)(F)F)cc1F.[B-]OC(C)=O.[Na+]. The van der Waals surface area contributed by atoms with Gasteiger partial charge in [0.1, 0.15) is 23.3 Å². The largest absolute Gasteiger partial charge is 1.00 e. The molecule has 0 aliphatic carbocycles. The molecule has 2 aromatic heterocycles. The fourth-order valence-corrected chi connectivity index (χ4v) is 9.48. The average molecular weight is 1240 g/mol. The first-order valence-electron chi connectivity index (χ1n) is 27.1. The molecule has 0 amide bonds. The summed E-state index contributed by atoms with van der Waals surface area (Å²) < 4.78 is 109. The van der Waals surface area contributed by atoms with Crippen LogP contribution in [0.3, 0.4) is 0 Å². The van der Waals surface area contributed by atoms with E-state index >= 15 is 0 Å². The van der Waals surface area contributed by atoms with Crippen molar-refractivity contribution in [1.82, 2.24) is 29.3 Å². The van der Waals surface area contributed by atoms with Crippen LogP contribution in [-0.4, -0.2) is 69.3 Å². The number of carbonyl (C=O) groups is 4. The third kappa shape index (κ3) is 20.0. The van der Waals surface area contributed by atoms with Gasteiger partial charge in [0.25, 0.3) is 11.1 Å². The standard InChI is InChI=1S/C29H25F4N3O.C21H21N3O.C8H4F4O.C4H6O4.C2H3BO2.Na/c1-19-34-26-14-15-35(17-22-12-13-23(16-25(22)30)29(31,32)33)18-24(26)28(37)36(19)27(20-8-4-2-5-9-20)21-10-6-3-7-11-21;1-15-23-19-12-13-22-14-18(19)21(25)24(15)20(16-8-4-2-5-9-16)17-10-6-3-7-11-17;9-7-3-6(8(10,11)12)2-1-5(7)4-13;1-3(5)7-8-4(2)6;1-2(4)5-3;/h2-13,16,27H,14-15,17-18H2,1H3;2-11,20,22H,12-14H2,1H3;1-4H;1-2H3;1H3;/q;;;;-1;+1. The molecule has 459 valence electrons. The second-order valence-corrected chi connectivity index (χ2v) is 19.8. The number of fused-ring (bicyclic) bond motifs is 2. The molecule has 0 spiro atoms. The number of carbonyl (C=O) groups excluding carboxylic acids is 4. The minimum absolute atomic E-state index is 0. The number of nitrogens with zero attached hydrogens (tertiary/aromatic N) is 5. The summed E-state index contributed by atoms with van der Waals surface area (Å²) in [5, 5.41) is 3.29. The van der Waals surface area contributed by atoms with E-state index in [4.69, 9.17) is 9.97 Å². The van der Waals surface area contributed by atoms with E-state index in [9.17, 15) is 63.9 Å². The summed E-state index contributed by atoms with van der Waals surface area (Å²) in [6.45, 7) is 9.60. The third-order valence-corrected chi connectivity index (χ3v) is 13.5. The van der Waals surface area contributed by atoms with Gasteiger partial charge in [0.05, 0.1) is 51.3 Å². The van der Waals surface area contributed by atoms with Gasteiger partial charge in [0.2, 0.25) is 5.97 Å². The zero-order valence-corrected chi connectivity index (χ0v) is 51.2. The molecule has 8 aromatic rings. The molecule has 2 aliphatic heterocycles. The van der Waals surface area contributed by atoms with Gasteiger partial charge in [-0.3, -0.25) is 33.2 Å². The Kier molecular flexibility index (Phi) is 26.6. The van der Waals surface area contributed by atoms with Gasteiger partial charge in [0, 0.05) is 71.9 Å². The van der Waals surface area contributed by atoms with Crippen molar-refractivity contribution >= 4 is 32.2 Å². The topological polar surface area (TPSA) is 181 Å². The first-order valence-corrected chi connectivity index (χ1v) is 27.1. The smallest absolute Gasteiger partial charge is 0.793 e. The monoisotopic (exact) mass is 1240 g/mol. The number of benzene rings is 6. The Bertz CT molecular complexity index is 3720. The Morgan fingerprint density at radius 3 is 1.36 bits per heavy atom. The molecule has 0 saturated carbocycles. The van der Waals surface area contributed by atoms with Crippen LogP contribution in [0.25, 0.3) is 0 Å². The molecular weight excluding hydrogens is 1180 g/mol. The van der Waals surface area contributed by atoms with Gasteiger partial charge in [-0.05, 0) is 66.4 Å². The van der Waals surface area contributed by atoms with E-state index in [0.717, 1.165) is 78.3 Å². The zero-order chi connectivity index (χ0) is 64.3. The molecule has 2 aliphatic rings. The summed E-state index contributed by atoms with van der Waals surface area (Å²) in [6, 6.07) is 43.6. The third-order valence-electron chi connectivity index (χ3n) is 13.5. The van der Waals surface area contributed by atoms with Gasteiger partial charge in [-0.25, -0.2) is 38.1 Å². The number of nitrogens with one attached hydrogen (secondary N) is 1. The minimum Gasteiger partial charge on any atom is -0.793 e. The summed E-state index contributed by atoms with van der Waals surface area (Å²) in [6.07, 6.45) is -7.72. The van der Waals surface area contributed by atoms with Gasteiger partial charge < -0.3 is 18.0 Å². The van der Waals surface area contributed by atoms with Crippen molar-refractivity contribution in [3.8, 4) is 0 Å². The summed E-state index contributed by atoms with van der Waals surface area (Å²) in [7, 11) is 4.32. The van der Waals surface area contributed by atoms with Crippen molar-refractivity contribution in [3.63, 3.8) is 0 Å². The van der Waals surface area contributed by atoms with Gasteiger partial charge in [-0.15, -0.1) is 0 Å². The van der Waals surface area contributed by atoms with Crippen molar-refractivity contribution in [2.45, 2.75) is 91.5 Å². The summed E-state index contributed by atoms with van der Waals surface area (Å²) in [5.41, 5.74) is 4.59. The van der Waals surface area contributed by atoms with Crippen molar-refractivity contribution in [1.29, 1.82) is 0 Å². The van der Waals surface area contributed by atoms with E-state index in [0.29, 0.717) is 54.8 Å². The number of halogens is 8. The fraction of sp³-hybridized carbons (Fsp3) is 0.250. The Balaban J connectivity index is 0.000000237. The molecule has 0 unspecified atom stereocenters. The van der Waals surface area contributed by atoms with E-state index in [-0.39, 0.29) is 83.3 Å². The van der Waals surface area contributed by atoms with E-state index in [2.05, 4.69) is 52.1 Å². The van der Waals surface area contributed by atoms with E-state index < -0.39 is 53.0 Å². The van der Waals surface area contributed by atoms with Crippen LogP contribution < -0.4 is 46.0 Å². The molecule has 0 bridgehead atoms. The second kappa shape index (κ2) is 33.2. The van der Waals surface area contributed by atoms with Crippen LogP contribution in [0.15, 0.2) is 167 Å². The van der Waals surface area contributed by atoms with Crippen LogP contribution in [0.5, 0.6) is 0 Å². The molecule has 89 heavy (non-hydrogen) atoms. The molecule has 1 N–H and O–H groups in total. The van der Waals surface area contributed by atoms with E-state index in [1.807, 2.05) is 120 Å². The van der Waals surface area contributed by atoms with Crippen LogP contribution in [0.2, 0.25) is 0 Å². The van der Waals surface area contributed by atoms with Gasteiger partial charge >= 0.3 is 53.8 Å². The van der Waals surface area contributed by atoms with Crippen molar-refractivity contribution in [2.24, 2.45) is 0 Å². The summed E-state index contributed by atoms with van der Waals surface area (Å²) >= 11 is 0. The number of hydrogen-bond acceptors (Lipinski definition) is 13. The van der Waals surface area contributed by atoms with Gasteiger partial charge in [-0.2, -0.15) is 26.3 Å². The maximum absolute atomic E-state index is 14.5. The summed E-state index contributed by atoms with van der Waals surface area (Å²) in [5.74, 6) is -2.45. The van der Waals surface area contributed by atoms with Crippen LogP contribution in [0.1, 0.15) is 116 Å². The number of alkyl halides is 6. The Hall–Kier alpha value is -8.42. The maximum Gasteiger partial charge on any atom is 1.00 e. The first kappa shape index (κ1) is 71.3. The van der Waals surface area contributed by atoms with Crippen molar-refractivity contribution in [3.05, 3.63) is 269 Å². The van der Waals surface area contributed by atoms with Gasteiger partial charge in [-0.1, -0.05) is 127 Å². The Morgan fingerprint density at radius 2 is 0.989 bits per heavy atom. The predicted molar refractivity (Wildman–Crippen MR) is 309 cm³/mol. The molecular formula is C64H59BF8N6NaO9. The Morgan fingerprint density at radius 1 is 0.596 bits per heavy atom. The summed E-state index contributed by atoms with van der Waals surface area (Å²) in [4.78, 5) is 85.5. The first-order chi connectivity index (χ1) is 41.8. The number of rotatable bonds is 9. The fourth-order valence-electron chi connectivity index (χ4n) is 9.48. The van der Waals surface area contributed by atoms with Crippen LogP contribution >= 0.6 is 0 Å². The minimum atomic E-state index is -4.61. The van der Waals surface area contributed by atoms with Crippen molar-refractivity contribution in [2.75, 3.05) is 13.1 Å². The molecule has 6 aromatic carbocycles. The van der Waals surface area contributed by atoms with Crippen LogP contribution in [0, 0.1) is 25.5 Å². The van der Waals surface area contributed by atoms with Crippen molar-refractivity contribution < 1.29 is 98.3 Å². The molecule has 0 fully saturated rings. The normalized spacial score (nSPS) is 12.4. The molecule has 0 saturated heterocycles. The number of aromatic nitrogens is 4. The maximum atomic E-state index is 14.5. The second-order valence-electron chi connectivity index (χ2n) is 19.8. The molecule has 10 rings (SSSR count). The van der Waals surface area contributed by atoms with Crippen LogP contribution in [-0.2, 0) is 73.6 Å². The molecule has 0 atom stereocenters.